The maximum Gasteiger partial charge on any atom is 0.0766 e. The van der Waals surface area contributed by atoms with E-state index >= 15 is 0 Å². The molecule has 0 amide bonds. The minimum absolute atomic E-state index is 0.245. The fraction of sp³-hybridized carbons (Fsp3) is 0.769. The lowest BCUT2D eigenvalue weighted by Crippen LogP contribution is -2.42. The van der Waals surface area contributed by atoms with Gasteiger partial charge in [0.15, 0.2) is 0 Å². The quantitative estimate of drug-likeness (QED) is 0.790. The number of aromatic nitrogens is 2. The maximum absolute atomic E-state index is 10.1. The Hall–Kier alpha value is -0.870. The van der Waals surface area contributed by atoms with Gasteiger partial charge in [-0.1, -0.05) is 20.8 Å². The van der Waals surface area contributed by atoms with Crippen LogP contribution in [0.5, 0.6) is 0 Å². The highest BCUT2D eigenvalue weighted by Crippen LogP contribution is 2.15. The number of hydrogen-bond donors (Lipinski definition) is 2. The molecule has 1 aromatic rings. The van der Waals surface area contributed by atoms with Crippen LogP contribution in [-0.2, 0) is 20.0 Å². The molecule has 2 N–H and O–H groups in total. The second-order valence-corrected chi connectivity index (χ2v) is 5.24. The maximum atomic E-state index is 10.1. The smallest absolute Gasteiger partial charge is 0.0766 e. The molecule has 0 bridgehead atoms. The van der Waals surface area contributed by atoms with Crippen LogP contribution in [0.4, 0.5) is 0 Å². The largest absolute Gasteiger partial charge is 0.389 e. The highest BCUT2D eigenvalue weighted by atomic mass is 16.3. The Morgan fingerprint density at radius 2 is 2.18 bits per heavy atom. The molecule has 1 heterocycles. The lowest BCUT2D eigenvalue weighted by atomic mass is 9.92. The van der Waals surface area contributed by atoms with E-state index in [9.17, 15) is 5.11 Å². The standard InChI is InChI=1S/C13H25N3O/c1-6-12-11(8-16(5)15-12)7-14-9-13(4,17)10(2)3/h8,10,14,17H,6-7,9H2,1-5H3. The molecule has 17 heavy (non-hydrogen) atoms. The minimum Gasteiger partial charge on any atom is -0.389 e. The zero-order valence-corrected chi connectivity index (χ0v) is 11.6. The van der Waals surface area contributed by atoms with Gasteiger partial charge >= 0.3 is 0 Å². The van der Waals surface area contributed by atoms with Crippen LogP contribution < -0.4 is 5.32 Å². The molecule has 0 aromatic carbocycles. The van der Waals surface area contributed by atoms with Crippen LogP contribution in [0.25, 0.3) is 0 Å². The Labute approximate surface area is 104 Å². The number of rotatable bonds is 6. The topological polar surface area (TPSA) is 50.1 Å². The van der Waals surface area contributed by atoms with Gasteiger partial charge < -0.3 is 10.4 Å². The van der Waals surface area contributed by atoms with E-state index < -0.39 is 5.60 Å². The van der Waals surface area contributed by atoms with Crippen LogP contribution in [-0.4, -0.2) is 27.0 Å². The fourth-order valence-electron chi connectivity index (χ4n) is 1.68. The first-order chi connectivity index (χ1) is 7.86. The molecule has 1 atom stereocenters. The molecular weight excluding hydrogens is 214 g/mol. The van der Waals surface area contributed by atoms with Gasteiger partial charge in [-0.05, 0) is 19.3 Å². The summed E-state index contributed by atoms with van der Waals surface area (Å²) in [6, 6.07) is 0. The molecule has 1 rings (SSSR count). The zero-order valence-electron chi connectivity index (χ0n) is 11.6. The van der Waals surface area contributed by atoms with Crippen molar-refractivity contribution in [3.05, 3.63) is 17.5 Å². The van der Waals surface area contributed by atoms with E-state index in [-0.39, 0.29) is 5.92 Å². The van der Waals surface area contributed by atoms with Crippen LogP contribution in [0.15, 0.2) is 6.20 Å². The summed E-state index contributed by atoms with van der Waals surface area (Å²) in [5.41, 5.74) is 1.69. The summed E-state index contributed by atoms with van der Waals surface area (Å²) >= 11 is 0. The minimum atomic E-state index is -0.658. The van der Waals surface area contributed by atoms with Crippen LogP contribution >= 0.6 is 0 Å². The Morgan fingerprint density at radius 1 is 1.53 bits per heavy atom. The van der Waals surface area contributed by atoms with E-state index in [2.05, 4.69) is 17.3 Å². The van der Waals surface area contributed by atoms with Crippen molar-refractivity contribution in [1.82, 2.24) is 15.1 Å². The summed E-state index contributed by atoms with van der Waals surface area (Å²) in [7, 11) is 1.94. The third-order valence-electron chi connectivity index (χ3n) is 3.37. The Bertz CT molecular complexity index is 356. The van der Waals surface area contributed by atoms with Crippen LogP contribution in [0.1, 0.15) is 39.0 Å². The molecule has 1 aromatic heterocycles. The molecule has 4 heteroatoms. The normalized spacial score (nSPS) is 15.2. The Morgan fingerprint density at radius 3 is 2.71 bits per heavy atom. The van der Waals surface area contributed by atoms with Gasteiger partial charge in [0, 0.05) is 31.9 Å². The van der Waals surface area contributed by atoms with Crippen molar-refractivity contribution < 1.29 is 5.11 Å². The van der Waals surface area contributed by atoms with Crippen molar-refractivity contribution in [2.24, 2.45) is 13.0 Å². The molecular formula is C13H25N3O. The van der Waals surface area contributed by atoms with E-state index in [0.717, 1.165) is 18.7 Å². The Balaban J connectivity index is 2.51. The van der Waals surface area contributed by atoms with Gasteiger partial charge in [-0.25, -0.2) is 0 Å². The number of nitrogens with one attached hydrogen (secondary N) is 1. The molecule has 0 saturated heterocycles. The van der Waals surface area contributed by atoms with Gasteiger partial charge in [0.2, 0.25) is 0 Å². The first-order valence-electron chi connectivity index (χ1n) is 6.31. The first-order valence-corrected chi connectivity index (χ1v) is 6.31. The zero-order chi connectivity index (χ0) is 13.1. The second-order valence-electron chi connectivity index (χ2n) is 5.24. The molecule has 0 aliphatic carbocycles. The number of nitrogens with zero attached hydrogens (tertiary/aromatic N) is 2. The fourth-order valence-corrected chi connectivity index (χ4v) is 1.68. The van der Waals surface area contributed by atoms with Crippen molar-refractivity contribution >= 4 is 0 Å². The lowest BCUT2D eigenvalue weighted by Gasteiger charge is -2.27. The third kappa shape index (κ3) is 3.82. The van der Waals surface area contributed by atoms with E-state index in [1.54, 1.807) is 0 Å². The molecule has 0 spiro atoms. The van der Waals surface area contributed by atoms with Gasteiger partial charge in [-0.3, -0.25) is 4.68 Å². The van der Waals surface area contributed by atoms with Gasteiger partial charge in [0.25, 0.3) is 0 Å². The van der Waals surface area contributed by atoms with Gasteiger partial charge in [-0.15, -0.1) is 0 Å². The average molecular weight is 239 g/mol. The van der Waals surface area contributed by atoms with E-state index in [4.69, 9.17) is 0 Å². The van der Waals surface area contributed by atoms with Gasteiger partial charge in [-0.2, -0.15) is 5.10 Å². The molecule has 98 valence electrons. The van der Waals surface area contributed by atoms with Crippen molar-refractivity contribution in [3.63, 3.8) is 0 Å². The van der Waals surface area contributed by atoms with Crippen molar-refractivity contribution in [3.8, 4) is 0 Å². The summed E-state index contributed by atoms with van der Waals surface area (Å²) in [5.74, 6) is 0.245. The van der Waals surface area contributed by atoms with Gasteiger partial charge in [0.1, 0.15) is 0 Å². The molecule has 0 saturated carbocycles. The number of hydrogen-bond acceptors (Lipinski definition) is 3. The second kappa shape index (κ2) is 5.65. The third-order valence-corrected chi connectivity index (χ3v) is 3.37. The lowest BCUT2D eigenvalue weighted by molar-refractivity contribution is 0.0140. The monoisotopic (exact) mass is 239 g/mol. The summed E-state index contributed by atoms with van der Waals surface area (Å²) in [4.78, 5) is 0. The number of aliphatic hydroxyl groups is 1. The Kier molecular flexibility index (Phi) is 4.71. The predicted octanol–water partition coefficient (Wildman–Crippen LogP) is 1.48. The van der Waals surface area contributed by atoms with Crippen LogP contribution in [0.2, 0.25) is 0 Å². The molecule has 0 aliphatic heterocycles. The molecule has 0 fully saturated rings. The van der Waals surface area contributed by atoms with E-state index in [1.807, 2.05) is 38.7 Å². The number of aryl methyl sites for hydroxylation is 2. The summed E-state index contributed by atoms with van der Waals surface area (Å²) in [6.45, 7) is 9.40. The highest BCUT2D eigenvalue weighted by Gasteiger charge is 2.24. The van der Waals surface area contributed by atoms with Crippen molar-refractivity contribution in [1.29, 1.82) is 0 Å². The predicted molar refractivity (Wildman–Crippen MR) is 69.8 cm³/mol. The molecule has 4 nitrogen and oxygen atoms in total. The van der Waals surface area contributed by atoms with Crippen LogP contribution in [0, 0.1) is 5.92 Å². The summed E-state index contributed by atoms with van der Waals surface area (Å²) in [6.07, 6.45) is 2.98. The molecule has 0 aliphatic rings. The first kappa shape index (κ1) is 14.2. The average Bonchev–Trinajstić information content (AvgIpc) is 2.58. The summed E-state index contributed by atoms with van der Waals surface area (Å²) < 4.78 is 1.84. The molecule has 0 radical (unpaired) electrons. The molecule has 1 unspecified atom stereocenters. The van der Waals surface area contributed by atoms with Crippen molar-refractivity contribution in [2.75, 3.05) is 6.54 Å². The SMILES string of the molecule is CCc1nn(C)cc1CNCC(C)(O)C(C)C. The van der Waals surface area contributed by atoms with Gasteiger partial charge in [0.05, 0.1) is 11.3 Å². The highest BCUT2D eigenvalue weighted by molar-refractivity contribution is 5.16. The van der Waals surface area contributed by atoms with E-state index in [1.165, 1.54) is 5.56 Å². The van der Waals surface area contributed by atoms with Crippen molar-refractivity contribution in [2.45, 2.75) is 46.3 Å². The van der Waals surface area contributed by atoms with E-state index in [0.29, 0.717) is 6.54 Å². The van der Waals surface area contributed by atoms with Crippen LogP contribution in [0.3, 0.4) is 0 Å². The summed E-state index contributed by atoms with van der Waals surface area (Å²) in [5, 5.41) is 17.8.